The first kappa shape index (κ1) is 28.9. The molecule has 5 rings (SSSR count). The summed E-state index contributed by atoms with van der Waals surface area (Å²) in [6.45, 7) is 5.69. The lowest BCUT2D eigenvalue weighted by molar-refractivity contribution is -0.134. The molecule has 2 aromatic rings. The van der Waals surface area contributed by atoms with Gasteiger partial charge in [0.15, 0.2) is 23.1 Å². The molecule has 220 valence electrons. The number of ether oxygens (including phenoxy) is 1. The maximum Gasteiger partial charge on any atom is 0.240 e. The molecule has 1 aliphatic carbocycles. The van der Waals surface area contributed by atoms with Gasteiger partial charge in [-0.3, -0.25) is 14.5 Å². The van der Waals surface area contributed by atoms with E-state index in [9.17, 15) is 14.0 Å². The number of anilines is 2. The molecule has 2 fully saturated rings. The number of pyridine rings is 1. The van der Waals surface area contributed by atoms with Crippen LogP contribution in [0.15, 0.2) is 35.5 Å². The van der Waals surface area contributed by atoms with E-state index in [2.05, 4.69) is 36.1 Å². The number of halogens is 2. The first-order chi connectivity index (χ1) is 19.9. The van der Waals surface area contributed by atoms with Crippen LogP contribution >= 0.6 is 0 Å². The minimum Gasteiger partial charge on any atom is -0.452 e. The highest BCUT2D eigenvalue weighted by Gasteiger charge is 2.56. The zero-order valence-electron chi connectivity index (χ0n) is 23.2. The van der Waals surface area contributed by atoms with E-state index in [0.29, 0.717) is 62.3 Å². The van der Waals surface area contributed by atoms with E-state index in [1.807, 2.05) is 6.21 Å². The molecule has 2 unspecified atom stereocenters. The molecule has 10 nitrogen and oxygen atoms in total. The van der Waals surface area contributed by atoms with E-state index in [0.717, 1.165) is 26.2 Å². The summed E-state index contributed by atoms with van der Waals surface area (Å²) >= 11 is 0. The number of piperazine rings is 1. The Morgan fingerprint density at radius 3 is 2.71 bits per heavy atom. The van der Waals surface area contributed by atoms with Crippen LogP contribution in [-0.4, -0.2) is 73.0 Å². The predicted molar refractivity (Wildman–Crippen MR) is 153 cm³/mol. The van der Waals surface area contributed by atoms with E-state index >= 15 is 4.39 Å². The highest BCUT2D eigenvalue weighted by Crippen LogP contribution is 2.47. The lowest BCUT2D eigenvalue weighted by atomic mass is 10.0. The number of fused-ring (bicyclic) bond motifs is 1. The van der Waals surface area contributed by atoms with Gasteiger partial charge in [-0.2, -0.15) is 0 Å². The summed E-state index contributed by atoms with van der Waals surface area (Å²) in [7, 11) is 0. The number of unbranched alkanes of at least 4 members (excludes halogenated alkanes) is 1. The molecule has 0 spiro atoms. The molecule has 2 aliphatic heterocycles. The van der Waals surface area contributed by atoms with Gasteiger partial charge < -0.3 is 26.0 Å². The van der Waals surface area contributed by atoms with Crippen LogP contribution in [0, 0.1) is 11.2 Å². The Balaban J connectivity index is 1.18. The van der Waals surface area contributed by atoms with Gasteiger partial charge in [0.1, 0.15) is 17.3 Å². The Labute approximate surface area is 238 Å². The van der Waals surface area contributed by atoms with Crippen molar-refractivity contribution in [1.82, 2.24) is 20.5 Å². The second-order valence-corrected chi connectivity index (χ2v) is 10.7. The Hall–Kier alpha value is -3.64. The summed E-state index contributed by atoms with van der Waals surface area (Å²) < 4.78 is 34.4. The third-order valence-corrected chi connectivity index (χ3v) is 7.77. The standard InChI is InChI=1S/C29H37F2N7O3/c1-2-19(30)5-3-4-11-34-27(39)29(9-10-29)28(40)36-20-6-7-22(21(31)17-20)41-23-8-12-33-26-25(23)37-24(18-35-26)38-15-13-32-14-16-38/h6-8,12,17-19,24,32,37H,2-5,9-11,13-16H2,1H3,(H,34,39)(H,36,40). The molecule has 0 bridgehead atoms. The lowest BCUT2D eigenvalue weighted by Gasteiger charge is -2.35. The van der Waals surface area contributed by atoms with E-state index in [1.54, 1.807) is 19.2 Å². The summed E-state index contributed by atoms with van der Waals surface area (Å²) in [6, 6.07) is 5.79. The second kappa shape index (κ2) is 12.9. The number of rotatable bonds is 12. The number of aromatic nitrogens is 1. The number of nitrogens with one attached hydrogen (secondary N) is 4. The molecule has 4 N–H and O–H groups in total. The molecule has 1 saturated heterocycles. The van der Waals surface area contributed by atoms with Crippen molar-refractivity contribution in [1.29, 1.82) is 0 Å². The summed E-state index contributed by atoms with van der Waals surface area (Å²) in [5.74, 6) is -0.670. The maximum atomic E-state index is 15.1. The zero-order valence-corrected chi connectivity index (χ0v) is 23.2. The third-order valence-electron chi connectivity index (χ3n) is 7.77. The smallest absolute Gasteiger partial charge is 0.240 e. The first-order valence-corrected chi connectivity index (χ1v) is 14.4. The van der Waals surface area contributed by atoms with E-state index in [-0.39, 0.29) is 23.5 Å². The van der Waals surface area contributed by atoms with Crippen molar-refractivity contribution in [2.45, 2.75) is 57.8 Å². The molecule has 2 amide bonds. The van der Waals surface area contributed by atoms with Gasteiger partial charge >= 0.3 is 0 Å². The van der Waals surface area contributed by atoms with Crippen molar-refractivity contribution in [2.75, 3.05) is 43.4 Å². The monoisotopic (exact) mass is 569 g/mol. The molecule has 1 aromatic carbocycles. The number of nitrogens with zero attached hydrogens (tertiary/aromatic N) is 3. The number of alkyl halides is 1. The van der Waals surface area contributed by atoms with Crippen LogP contribution in [0.5, 0.6) is 11.5 Å². The predicted octanol–water partition coefficient (Wildman–Crippen LogP) is 4.13. The third kappa shape index (κ3) is 6.82. The molecule has 1 aromatic heterocycles. The Morgan fingerprint density at radius 2 is 1.98 bits per heavy atom. The first-order valence-electron chi connectivity index (χ1n) is 14.4. The normalized spacial score (nSPS) is 19.9. The number of hydrogen-bond donors (Lipinski definition) is 4. The van der Waals surface area contributed by atoms with Crippen molar-refractivity contribution in [3.63, 3.8) is 0 Å². The second-order valence-electron chi connectivity index (χ2n) is 10.7. The van der Waals surface area contributed by atoms with Crippen LogP contribution in [0.3, 0.4) is 0 Å². The van der Waals surface area contributed by atoms with Crippen LogP contribution in [0.4, 0.5) is 26.0 Å². The fraction of sp³-hybridized carbons (Fsp3) is 0.517. The van der Waals surface area contributed by atoms with E-state index in [1.165, 1.54) is 18.2 Å². The fourth-order valence-electron chi connectivity index (χ4n) is 5.00. The van der Waals surface area contributed by atoms with Crippen molar-refractivity contribution in [3.8, 4) is 11.5 Å². The molecule has 1 saturated carbocycles. The van der Waals surface area contributed by atoms with Crippen molar-refractivity contribution < 1.29 is 23.1 Å². The summed E-state index contributed by atoms with van der Waals surface area (Å²) in [5.41, 5.74) is -0.349. The number of hydrogen-bond acceptors (Lipinski definition) is 8. The number of carbonyl (C=O) groups is 2. The van der Waals surface area contributed by atoms with Gasteiger partial charge in [0.2, 0.25) is 11.8 Å². The summed E-state index contributed by atoms with van der Waals surface area (Å²) in [6.07, 6.45) is 5.53. The van der Waals surface area contributed by atoms with Crippen LogP contribution in [0.25, 0.3) is 0 Å². The molecule has 2 atom stereocenters. The average Bonchev–Trinajstić information content (AvgIpc) is 3.81. The minimum absolute atomic E-state index is 0.0241. The maximum absolute atomic E-state index is 15.1. The topological polar surface area (TPSA) is 120 Å². The van der Waals surface area contributed by atoms with Crippen molar-refractivity contribution >= 4 is 35.2 Å². The highest BCUT2D eigenvalue weighted by molar-refractivity contribution is 6.13. The summed E-state index contributed by atoms with van der Waals surface area (Å²) in [4.78, 5) is 36.7. The van der Waals surface area contributed by atoms with Gasteiger partial charge in [-0.1, -0.05) is 6.92 Å². The molecular weight excluding hydrogens is 532 g/mol. The van der Waals surface area contributed by atoms with Gasteiger partial charge in [0.05, 0.1) is 6.17 Å². The molecule has 12 heteroatoms. The molecule has 0 radical (unpaired) electrons. The average molecular weight is 570 g/mol. The fourth-order valence-corrected chi connectivity index (χ4v) is 5.00. The summed E-state index contributed by atoms with van der Waals surface area (Å²) in [5, 5.41) is 12.2. The van der Waals surface area contributed by atoms with Gasteiger partial charge in [0, 0.05) is 63.0 Å². The quantitative estimate of drug-likeness (QED) is 0.224. The van der Waals surface area contributed by atoms with Crippen LogP contribution in [0.2, 0.25) is 0 Å². The van der Waals surface area contributed by atoms with Crippen LogP contribution in [0.1, 0.15) is 45.4 Å². The van der Waals surface area contributed by atoms with Gasteiger partial charge in [-0.05, 0) is 50.7 Å². The van der Waals surface area contributed by atoms with Crippen molar-refractivity contribution in [3.05, 3.63) is 36.3 Å². The van der Waals surface area contributed by atoms with Crippen LogP contribution < -0.4 is 26.0 Å². The van der Waals surface area contributed by atoms with Crippen LogP contribution in [-0.2, 0) is 9.59 Å². The molecular formula is C29H37F2N7O3. The van der Waals surface area contributed by atoms with Gasteiger partial charge in [-0.25, -0.2) is 18.8 Å². The van der Waals surface area contributed by atoms with Gasteiger partial charge in [-0.15, -0.1) is 0 Å². The zero-order chi connectivity index (χ0) is 28.8. The molecule has 3 aliphatic rings. The number of amides is 2. The number of benzene rings is 1. The Morgan fingerprint density at radius 1 is 1.17 bits per heavy atom. The Bertz CT molecular complexity index is 1280. The van der Waals surface area contributed by atoms with E-state index < -0.39 is 23.3 Å². The van der Waals surface area contributed by atoms with Crippen molar-refractivity contribution in [2.24, 2.45) is 10.4 Å². The molecule has 41 heavy (non-hydrogen) atoms. The number of carbonyl (C=O) groups excluding carboxylic acids is 2. The number of aliphatic imine (C=N–C) groups is 1. The van der Waals surface area contributed by atoms with E-state index in [4.69, 9.17) is 4.74 Å². The lowest BCUT2D eigenvalue weighted by Crippen LogP contribution is -2.52. The Kier molecular flexibility index (Phi) is 9.09. The van der Waals surface area contributed by atoms with Gasteiger partial charge in [0.25, 0.3) is 0 Å². The minimum atomic E-state index is -1.15. The SMILES string of the molecule is CCC(F)CCCCNC(=O)C1(C(=O)Nc2ccc(Oc3ccnc4c3NC(N3CCNCC3)C=N4)c(F)c2)CC1. The molecule has 3 heterocycles. The largest absolute Gasteiger partial charge is 0.452 e. The highest BCUT2D eigenvalue weighted by atomic mass is 19.1.